The first-order valence-corrected chi connectivity index (χ1v) is 10.1. The average molecular weight is 354 g/mol. The van der Waals surface area contributed by atoms with Gasteiger partial charge in [0.25, 0.3) is 0 Å². The Morgan fingerprint density at radius 2 is 1.22 bits per heavy atom. The highest BCUT2D eigenvalue weighted by Crippen LogP contribution is 2.29. The maximum atomic E-state index is 12.4. The summed E-state index contributed by atoms with van der Waals surface area (Å²) in [4.78, 5) is -0.0374. The summed E-state index contributed by atoms with van der Waals surface area (Å²) in [5.41, 5.74) is 2.39. The second-order valence-corrected chi connectivity index (χ2v) is 9.00. The van der Waals surface area contributed by atoms with E-state index in [4.69, 9.17) is 4.18 Å². The minimum Gasteiger partial charge on any atom is -0.378 e. The van der Waals surface area contributed by atoms with Gasteiger partial charge in [-0.2, -0.15) is 8.42 Å². The van der Waals surface area contributed by atoms with Crippen molar-refractivity contribution in [1.29, 1.82) is 0 Å². The van der Waals surface area contributed by atoms with Crippen molar-refractivity contribution in [3.8, 4) is 5.75 Å². The molecule has 7 heteroatoms. The van der Waals surface area contributed by atoms with Crippen LogP contribution in [0.15, 0.2) is 46.2 Å². The van der Waals surface area contributed by atoms with E-state index >= 15 is 0 Å². The summed E-state index contributed by atoms with van der Waals surface area (Å²) >= 11 is 0. The molecule has 0 aliphatic heterocycles. The van der Waals surface area contributed by atoms with E-state index in [1.54, 1.807) is 19.9 Å². The summed E-state index contributed by atoms with van der Waals surface area (Å²) in [6.07, 6.45) is 1.06. The smallest absolute Gasteiger partial charge is 0.339 e. The van der Waals surface area contributed by atoms with Gasteiger partial charge in [0.1, 0.15) is 10.6 Å². The zero-order valence-corrected chi connectivity index (χ0v) is 15.0. The molecule has 0 amide bonds. The third-order valence-corrected chi connectivity index (χ3v) is 5.97. The van der Waals surface area contributed by atoms with Gasteiger partial charge in [0.2, 0.25) is 0 Å². The maximum absolute atomic E-state index is 12.4. The van der Waals surface area contributed by atoms with Gasteiger partial charge in [0.15, 0.2) is 9.84 Å². The largest absolute Gasteiger partial charge is 0.378 e. The number of rotatable bonds is 4. The van der Waals surface area contributed by atoms with Gasteiger partial charge in [0.05, 0.1) is 4.90 Å². The van der Waals surface area contributed by atoms with Crippen molar-refractivity contribution >= 4 is 20.0 Å². The predicted octanol–water partition coefficient (Wildman–Crippen LogP) is 2.78. The first-order valence-electron chi connectivity index (χ1n) is 6.84. The molecule has 0 radical (unpaired) electrons. The van der Waals surface area contributed by atoms with E-state index in [0.717, 1.165) is 17.4 Å². The molecule has 0 fully saturated rings. The summed E-state index contributed by atoms with van der Waals surface area (Å²) in [5.74, 6) is 0.303. The molecular formula is C16H18O5S2. The molecule has 0 spiro atoms. The zero-order chi connectivity index (χ0) is 17.4. The summed E-state index contributed by atoms with van der Waals surface area (Å²) in [6.45, 7) is 5.43. The Kier molecular flexibility index (Phi) is 4.54. The van der Waals surface area contributed by atoms with Gasteiger partial charge in [-0.1, -0.05) is 12.1 Å². The van der Waals surface area contributed by atoms with Crippen molar-refractivity contribution in [2.24, 2.45) is 0 Å². The highest BCUT2D eigenvalue weighted by atomic mass is 32.2. The van der Waals surface area contributed by atoms with Crippen LogP contribution in [0, 0.1) is 20.8 Å². The van der Waals surface area contributed by atoms with Crippen molar-refractivity contribution < 1.29 is 21.0 Å². The third kappa shape index (κ3) is 3.73. The van der Waals surface area contributed by atoms with Crippen LogP contribution < -0.4 is 4.18 Å². The molecule has 0 N–H and O–H groups in total. The summed E-state index contributed by atoms with van der Waals surface area (Å²) in [5, 5.41) is 0. The van der Waals surface area contributed by atoms with Crippen LogP contribution in [0.4, 0.5) is 0 Å². The Balaban J connectivity index is 2.43. The Morgan fingerprint density at radius 3 is 1.74 bits per heavy atom. The third-order valence-electron chi connectivity index (χ3n) is 3.61. The van der Waals surface area contributed by atoms with E-state index in [0.29, 0.717) is 11.3 Å². The second-order valence-electron chi connectivity index (χ2n) is 5.43. The van der Waals surface area contributed by atoms with Crippen molar-refractivity contribution in [3.63, 3.8) is 0 Å². The van der Waals surface area contributed by atoms with E-state index in [9.17, 15) is 16.8 Å². The lowest BCUT2D eigenvalue weighted by atomic mass is 10.1. The van der Waals surface area contributed by atoms with Crippen LogP contribution in [0.2, 0.25) is 0 Å². The molecule has 0 aliphatic carbocycles. The first kappa shape index (κ1) is 17.5. The molecular weight excluding hydrogens is 336 g/mol. The van der Waals surface area contributed by atoms with Crippen LogP contribution in [-0.2, 0) is 20.0 Å². The lowest BCUT2D eigenvalue weighted by Crippen LogP contribution is -2.12. The number of sulfone groups is 1. The van der Waals surface area contributed by atoms with Gasteiger partial charge >= 0.3 is 10.1 Å². The van der Waals surface area contributed by atoms with Crippen LogP contribution in [0.25, 0.3) is 0 Å². The predicted molar refractivity (Wildman–Crippen MR) is 88.0 cm³/mol. The molecule has 2 aromatic carbocycles. The normalized spacial score (nSPS) is 12.2. The Hall–Kier alpha value is -1.86. The van der Waals surface area contributed by atoms with Crippen molar-refractivity contribution in [1.82, 2.24) is 0 Å². The zero-order valence-electron chi connectivity index (χ0n) is 13.3. The second kappa shape index (κ2) is 5.98. The molecule has 0 saturated heterocycles. The Bertz CT molecular complexity index is 941. The van der Waals surface area contributed by atoms with Crippen LogP contribution in [0.1, 0.15) is 16.7 Å². The highest BCUT2D eigenvalue weighted by Gasteiger charge is 2.20. The summed E-state index contributed by atoms with van der Waals surface area (Å²) in [7, 11) is -7.41. The molecule has 0 unspecified atom stereocenters. The molecule has 0 atom stereocenters. The molecule has 0 aliphatic rings. The maximum Gasteiger partial charge on any atom is 0.339 e. The lowest BCUT2D eigenvalue weighted by Gasteiger charge is -2.13. The number of hydrogen-bond acceptors (Lipinski definition) is 5. The number of benzene rings is 2. The van der Waals surface area contributed by atoms with Crippen LogP contribution in [0.5, 0.6) is 5.75 Å². The lowest BCUT2D eigenvalue weighted by molar-refractivity contribution is 0.482. The van der Waals surface area contributed by atoms with Crippen LogP contribution in [-0.4, -0.2) is 23.1 Å². The van der Waals surface area contributed by atoms with Crippen molar-refractivity contribution in [2.45, 2.75) is 30.6 Å². The van der Waals surface area contributed by atoms with Crippen LogP contribution >= 0.6 is 0 Å². The SMILES string of the molecule is Cc1ccc(C)c(OS(=O)(=O)c2ccc(S(C)(=O)=O)cc2)c1C. The molecule has 2 rings (SSSR count). The van der Waals surface area contributed by atoms with E-state index < -0.39 is 20.0 Å². The molecule has 5 nitrogen and oxygen atoms in total. The van der Waals surface area contributed by atoms with Gasteiger partial charge in [0, 0.05) is 6.26 Å². The Labute approximate surface area is 137 Å². The van der Waals surface area contributed by atoms with E-state index in [1.165, 1.54) is 24.3 Å². The number of hydrogen-bond donors (Lipinski definition) is 0. The summed E-state index contributed by atoms with van der Waals surface area (Å²) < 4.78 is 53.0. The quantitative estimate of drug-likeness (QED) is 0.789. The molecule has 23 heavy (non-hydrogen) atoms. The van der Waals surface area contributed by atoms with Gasteiger partial charge < -0.3 is 4.18 Å². The van der Waals surface area contributed by atoms with Crippen LogP contribution in [0.3, 0.4) is 0 Å². The van der Waals surface area contributed by atoms with Gasteiger partial charge in [-0.25, -0.2) is 8.42 Å². The molecule has 124 valence electrons. The molecule has 0 bridgehead atoms. The fourth-order valence-electron chi connectivity index (χ4n) is 2.07. The summed E-state index contributed by atoms with van der Waals surface area (Å²) in [6, 6.07) is 8.65. The fourth-order valence-corrected chi connectivity index (χ4v) is 3.74. The van der Waals surface area contributed by atoms with Crippen molar-refractivity contribution in [3.05, 3.63) is 53.1 Å². The molecule has 0 saturated carbocycles. The van der Waals surface area contributed by atoms with E-state index in [2.05, 4.69) is 0 Å². The van der Waals surface area contributed by atoms with Gasteiger partial charge in [-0.05, 0) is 61.7 Å². The highest BCUT2D eigenvalue weighted by molar-refractivity contribution is 7.90. The standard InChI is InChI=1S/C16H18O5S2/c1-11-5-6-12(2)16(13(11)3)21-23(19,20)15-9-7-14(8-10-15)22(4,17)18/h5-10H,1-4H3. The topological polar surface area (TPSA) is 77.5 Å². The van der Waals surface area contributed by atoms with Gasteiger partial charge in [-0.15, -0.1) is 0 Å². The molecule has 0 aromatic heterocycles. The minimum absolute atomic E-state index is 0.0550. The fraction of sp³-hybridized carbons (Fsp3) is 0.250. The molecule has 0 heterocycles. The van der Waals surface area contributed by atoms with E-state index in [1.807, 2.05) is 13.0 Å². The first-order chi connectivity index (χ1) is 10.5. The Morgan fingerprint density at radius 1 is 0.739 bits per heavy atom. The minimum atomic E-state index is -4.03. The molecule has 2 aromatic rings. The number of aryl methyl sites for hydroxylation is 2. The van der Waals surface area contributed by atoms with E-state index in [-0.39, 0.29) is 9.79 Å². The monoisotopic (exact) mass is 354 g/mol. The average Bonchev–Trinajstić information content (AvgIpc) is 2.47. The van der Waals surface area contributed by atoms with Crippen molar-refractivity contribution in [2.75, 3.05) is 6.26 Å². The van der Waals surface area contributed by atoms with Gasteiger partial charge in [-0.3, -0.25) is 0 Å².